The number of hydrogen-bond donors (Lipinski definition) is 1. The van der Waals surface area contributed by atoms with E-state index in [-0.39, 0.29) is 10.9 Å². The van der Waals surface area contributed by atoms with Crippen LogP contribution in [-0.2, 0) is 4.79 Å². The molecule has 0 spiro atoms. The Labute approximate surface area is 137 Å². The summed E-state index contributed by atoms with van der Waals surface area (Å²) in [7, 11) is 0. The van der Waals surface area contributed by atoms with E-state index in [0.717, 1.165) is 11.8 Å². The van der Waals surface area contributed by atoms with E-state index < -0.39 is 17.0 Å². The van der Waals surface area contributed by atoms with E-state index >= 15 is 0 Å². The zero-order valence-corrected chi connectivity index (χ0v) is 13.6. The minimum absolute atomic E-state index is 0.204. The van der Waals surface area contributed by atoms with Crippen molar-refractivity contribution in [2.45, 2.75) is 31.2 Å². The fourth-order valence-corrected chi connectivity index (χ4v) is 2.80. The molecule has 23 heavy (non-hydrogen) atoms. The number of hydrogen-bond acceptors (Lipinski definition) is 5. The van der Waals surface area contributed by atoms with Gasteiger partial charge in [0.1, 0.15) is 11.1 Å². The number of carbonyl (C=O) groups excluding carboxylic acids is 1. The highest BCUT2D eigenvalue weighted by atomic mass is 32.2. The van der Waals surface area contributed by atoms with E-state index in [1.165, 1.54) is 38.1 Å². The maximum absolute atomic E-state index is 13.1. The largest absolute Gasteiger partial charge is 0.480 e. The Kier molecular flexibility index (Phi) is 5.10. The number of aliphatic carboxylic acids is 1. The van der Waals surface area contributed by atoms with Crippen molar-refractivity contribution < 1.29 is 19.1 Å². The van der Waals surface area contributed by atoms with Crippen molar-refractivity contribution in [3.05, 3.63) is 41.3 Å². The van der Waals surface area contributed by atoms with Gasteiger partial charge in [0.2, 0.25) is 0 Å². The summed E-state index contributed by atoms with van der Waals surface area (Å²) in [6.45, 7) is 4.61. The van der Waals surface area contributed by atoms with Gasteiger partial charge in [0.15, 0.2) is 10.9 Å². The molecule has 1 N–H and O–H groups in total. The van der Waals surface area contributed by atoms with Crippen LogP contribution in [0, 0.1) is 12.7 Å². The van der Waals surface area contributed by atoms with Gasteiger partial charge in [-0.05, 0) is 45.0 Å². The summed E-state index contributed by atoms with van der Waals surface area (Å²) in [5, 5.41) is 8.54. The minimum Gasteiger partial charge on any atom is -0.480 e. The second kappa shape index (κ2) is 6.87. The maximum Gasteiger partial charge on any atom is 0.316 e. The molecule has 0 bridgehead atoms. The lowest BCUT2D eigenvalue weighted by Crippen LogP contribution is -2.13. The Morgan fingerprint density at radius 3 is 2.35 bits per heavy atom. The number of carbonyl (C=O) groups is 2. The molecule has 7 heteroatoms. The zero-order valence-electron chi connectivity index (χ0n) is 12.8. The Hall–Kier alpha value is -2.28. The molecule has 1 heterocycles. The summed E-state index contributed by atoms with van der Waals surface area (Å²) in [6, 6.07) is 5.62. The number of nitrogens with zero attached hydrogens (tertiary/aromatic N) is 2. The van der Waals surface area contributed by atoms with Crippen molar-refractivity contribution in [3.8, 4) is 11.3 Å². The fraction of sp³-hybridized carbons (Fsp3) is 0.250. The average Bonchev–Trinajstić information content (AvgIpc) is 2.46. The smallest absolute Gasteiger partial charge is 0.316 e. The highest BCUT2D eigenvalue weighted by Gasteiger charge is 2.20. The van der Waals surface area contributed by atoms with Gasteiger partial charge in [-0.1, -0.05) is 11.8 Å². The summed E-state index contributed by atoms with van der Waals surface area (Å²) in [5.74, 6) is -1.57. The molecule has 0 aliphatic carbocycles. The van der Waals surface area contributed by atoms with Crippen LogP contribution in [0.1, 0.15) is 29.9 Å². The number of benzene rings is 1. The van der Waals surface area contributed by atoms with Gasteiger partial charge in [-0.3, -0.25) is 9.59 Å². The molecule has 2 rings (SSSR count). The lowest BCUT2D eigenvalue weighted by Gasteiger charge is -2.12. The quantitative estimate of drug-likeness (QED) is 0.513. The lowest BCUT2D eigenvalue weighted by atomic mass is 10.0. The summed E-state index contributed by atoms with van der Waals surface area (Å²) >= 11 is 0.991. The molecule has 1 aromatic heterocycles. The third-order valence-electron chi connectivity index (χ3n) is 3.17. The predicted molar refractivity (Wildman–Crippen MR) is 85.1 cm³/mol. The fourth-order valence-electron chi connectivity index (χ4n) is 2.05. The Morgan fingerprint density at radius 2 is 1.83 bits per heavy atom. The number of carboxylic acids is 1. The monoisotopic (exact) mass is 334 g/mol. The van der Waals surface area contributed by atoms with Gasteiger partial charge in [-0.25, -0.2) is 14.4 Å². The number of Topliss-reactive ketones (excluding diaryl/α,β-unsaturated/α-hetero) is 1. The number of rotatable bonds is 5. The van der Waals surface area contributed by atoms with Crippen molar-refractivity contribution in [3.63, 3.8) is 0 Å². The maximum atomic E-state index is 13.1. The SMILES string of the molecule is CC(=O)c1c(C)nc(SC(C)C(=O)O)nc1-c1ccc(F)cc1. The van der Waals surface area contributed by atoms with E-state index in [0.29, 0.717) is 22.5 Å². The van der Waals surface area contributed by atoms with Crippen molar-refractivity contribution >= 4 is 23.5 Å². The molecular formula is C16H15FN2O3S. The zero-order chi connectivity index (χ0) is 17.1. The van der Waals surface area contributed by atoms with Gasteiger partial charge < -0.3 is 5.11 Å². The molecule has 0 saturated heterocycles. The summed E-state index contributed by atoms with van der Waals surface area (Å²) < 4.78 is 13.1. The first kappa shape index (κ1) is 17.1. The van der Waals surface area contributed by atoms with Crippen molar-refractivity contribution in [1.82, 2.24) is 9.97 Å². The average molecular weight is 334 g/mol. The molecular weight excluding hydrogens is 319 g/mol. The number of thioether (sulfide) groups is 1. The second-order valence-corrected chi connectivity index (χ2v) is 6.28. The van der Waals surface area contributed by atoms with Gasteiger partial charge in [0.25, 0.3) is 0 Å². The molecule has 2 aromatic rings. The van der Waals surface area contributed by atoms with E-state index in [1.54, 1.807) is 6.92 Å². The van der Waals surface area contributed by atoms with E-state index in [1.807, 2.05) is 0 Å². The van der Waals surface area contributed by atoms with Crippen LogP contribution < -0.4 is 0 Å². The van der Waals surface area contributed by atoms with Gasteiger partial charge in [-0.2, -0.15) is 0 Å². The predicted octanol–water partition coefficient (Wildman–Crippen LogP) is 3.36. The van der Waals surface area contributed by atoms with Crippen molar-refractivity contribution in [1.29, 1.82) is 0 Å². The number of aryl methyl sites for hydroxylation is 1. The van der Waals surface area contributed by atoms with Gasteiger partial charge >= 0.3 is 5.97 Å². The molecule has 120 valence electrons. The number of halogens is 1. The normalized spacial score (nSPS) is 12.0. The van der Waals surface area contributed by atoms with Gasteiger partial charge in [0.05, 0.1) is 17.0 Å². The van der Waals surface area contributed by atoms with Crippen LogP contribution in [0.25, 0.3) is 11.3 Å². The van der Waals surface area contributed by atoms with Gasteiger partial charge in [0, 0.05) is 5.56 Å². The second-order valence-electron chi connectivity index (χ2n) is 4.98. The first-order valence-electron chi connectivity index (χ1n) is 6.84. The van der Waals surface area contributed by atoms with Crippen LogP contribution >= 0.6 is 11.8 Å². The molecule has 0 saturated carbocycles. The van der Waals surface area contributed by atoms with Crippen molar-refractivity contribution in [2.75, 3.05) is 0 Å². The molecule has 0 amide bonds. The van der Waals surface area contributed by atoms with Crippen LogP contribution in [0.3, 0.4) is 0 Å². The molecule has 0 radical (unpaired) electrons. The topological polar surface area (TPSA) is 80.2 Å². The van der Waals surface area contributed by atoms with E-state index in [9.17, 15) is 14.0 Å². The summed E-state index contributed by atoms with van der Waals surface area (Å²) in [5.41, 5.74) is 1.77. The Bertz CT molecular complexity index is 763. The Morgan fingerprint density at radius 1 is 1.22 bits per heavy atom. The lowest BCUT2D eigenvalue weighted by molar-refractivity contribution is -0.136. The summed E-state index contributed by atoms with van der Waals surface area (Å²) in [6.07, 6.45) is 0. The van der Waals surface area contributed by atoms with Crippen LogP contribution in [-0.4, -0.2) is 32.1 Å². The highest BCUT2D eigenvalue weighted by Crippen LogP contribution is 2.28. The third-order valence-corrected chi connectivity index (χ3v) is 4.12. The van der Waals surface area contributed by atoms with Crippen LogP contribution in [0.5, 0.6) is 0 Å². The van der Waals surface area contributed by atoms with E-state index in [4.69, 9.17) is 5.11 Å². The molecule has 1 unspecified atom stereocenters. The molecule has 5 nitrogen and oxygen atoms in total. The first-order chi connectivity index (χ1) is 10.8. The molecule has 0 aliphatic rings. The molecule has 1 atom stereocenters. The third kappa shape index (κ3) is 3.92. The molecule has 0 aliphatic heterocycles. The van der Waals surface area contributed by atoms with E-state index in [2.05, 4.69) is 9.97 Å². The standard InChI is InChI=1S/C16H15FN2O3S/c1-8-13(9(2)20)14(11-4-6-12(17)7-5-11)19-16(18-8)23-10(3)15(21)22/h4-7,10H,1-3H3,(H,21,22). The minimum atomic E-state index is -0.977. The van der Waals surface area contributed by atoms with Crippen molar-refractivity contribution in [2.24, 2.45) is 0 Å². The van der Waals surface area contributed by atoms with Crippen LogP contribution in [0.15, 0.2) is 29.4 Å². The molecule has 0 fully saturated rings. The van der Waals surface area contributed by atoms with Crippen LogP contribution in [0.2, 0.25) is 0 Å². The first-order valence-corrected chi connectivity index (χ1v) is 7.72. The number of aromatic nitrogens is 2. The number of carboxylic acid groups (broad SMARTS) is 1. The number of ketones is 1. The Balaban J connectivity index is 2.57. The highest BCUT2D eigenvalue weighted by molar-refractivity contribution is 8.00. The van der Waals surface area contributed by atoms with Crippen LogP contribution in [0.4, 0.5) is 4.39 Å². The van der Waals surface area contributed by atoms with Gasteiger partial charge in [-0.15, -0.1) is 0 Å². The molecule has 1 aromatic carbocycles. The summed E-state index contributed by atoms with van der Waals surface area (Å²) in [4.78, 5) is 31.4.